The molecule has 1 unspecified atom stereocenters. The van der Waals surface area contributed by atoms with Gasteiger partial charge in [0.15, 0.2) is 0 Å². The molecular weight excluding hydrogens is 369 g/mol. The van der Waals surface area contributed by atoms with Gasteiger partial charge in [0.05, 0.1) is 17.3 Å². The lowest BCUT2D eigenvalue weighted by Crippen LogP contribution is -2.38. The van der Waals surface area contributed by atoms with Crippen molar-refractivity contribution in [3.63, 3.8) is 0 Å². The number of aromatic nitrogens is 2. The van der Waals surface area contributed by atoms with Gasteiger partial charge >= 0.3 is 5.97 Å². The largest absolute Gasteiger partial charge is 0.481 e. The Bertz CT molecular complexity index is 1010. The van der Waals surface area contributed by atoms with E-state index in [1.54, 1.807) is 16.8 Å². The summed E-state index contributed by atoms with van der Waals surface area (Å²) in [5, 5.41) is 14.2. The van der Waals surface area contributed by atoms with E-state index in [-0.39, 0.29) is 11.7 Å². The van der Waals surface area contributed by atoms with Gasteiger partial charge in [-0.15, -0.1) is 0 Å². The van der Waals surface area contributed by atoms with Crippen molar-refractivity contribution in [1.29, 1.82) is 0 Å². The number of aryl methyl sites for hydroxylation is 1. The summed E-state index contributed by atoms with van der Waals surface area (Å²) < 4.78 is 15.1. The summed E-state index contributed by atoms with van der Waals surface area (Å²) in [7, 11) is 0. The Morgan fingerprint density at radius 2 is 2.03 bits per heavy atom. The summed E-state index contributed by atoms with van der Waals surface area (Å²) >= 11 is 0. The molecule has 0 radical (unpaired) electrons. The van der Waals surface area contributed by atoms with Crippen molar-refractivity contribution in [1.82, 2.24) is 14.7 Å². The van der Waals surface area contributed by atoms with Gasteiger partial charge in [-0.1, -0.05) is 23.8 Å². The number of nitrogens with zero attached hydrogens (tertiary/aromatic N) is 3. The zero-order chi connectivity index (χ0) is 20.4. The molecule has 6 heteroatoms. The number of carboxylic acid groups (broad SMARTS) is 1. The van der Waals surface area contributed by atoms with Gasteiger partial charge in [0, 0.05) is 30.4 Å². The van der Waals surface area contributed by atoms with E-state index in [1.165, 1.54) is 12.1 Å². The van der Waals surface area contributed by atoms with Crippen LogP contribution in [0.5, 0.6) is 0 Å². The molecule has 1 N–H and O–H groups in total. The number of hydrogen-bond acceptors (Lipinski definition) is 3. The highest BCUT2D eigenvalue weighted by molar-refractivity contribution is 5.70. The molecule has 3 aromatic rings. The van der Waals surface area contributed by atoms with Gasteiger partial charge in [-0.05, 0) is 56.6 Å². The van der Waals surface area contributed by atoms with Crippen LogP contribution in [0, 0.1) is 18.7 Å². The number of rotatable bonds is 5. The molecule has 1 fully saturated rings. The molecule has 150 valence electrons. The molecule has 5 nitrogen and oxygen atoms in total. The lowest BCUT2D eigenvalue weighted by atomic mass is 9.97. The van der Waals surface area contributed by atoms with Crippen molar-refractivity contribution < 1.29 is 14.3 Å². The first-order valence-corrected chi connectivity index (χ1v) is 9.86. The molecule has 0 amide bonds. The smallest absolute Gasteiger partial charge is 0.307 e. The zero-order valence-electron chi connectivity index (χ0n) is 16.4. The number of piperidine rings is 1. The number of benzene rings is 2. The summed E-state index contributed by atoms with van der Waals surface area (Å²) in [6, 6.07) is 14.4. The third kappa shape index (κ3) is 4.38. The number of halogens is 1. The second-order valence-electron chi connectivity index (χ2n) is 7.71. The standard InChI is InChI=1S/C23H24FN3O2/c1-16-4-2-5-17(12-16)22-19(14-26-11-3-6-18(13-26)23(28)29)15-27(25-22)21-9-7-20(24)8-10-21/h2,4-5,7-10,12,15,18H,3,6,11,13-14H2,1H3,(H,28,29). The Morgan fingerprint density at radius 3 is 2.76 bits per heavy atom. The molecule has 29 heavy (non-hydrogen) atoms. The number of aliphatic carboxylic acids is 1. The van der Waals surface area contributed by atoms with E-state index in [9.17, 15) is 14.3 Å². The van der Waals surface area contributed by atoms with E-state index in [2.05, 4.69) is 11.0 Å². The van der Waals surface area contributed by atoms with E-state index in [0.717, 1.165) is 47.5 Å². The highest BCUT2D eigenvalue weighted by Crippen LogP contribution is 2.27. The summed E-state index contributed by atoms with van der Waals surface area (Å²) in [6.07, 6.45) is 3.57. The van der Waals surface area contributed by atoms with Gasteiger partial charge < -0.3 is 5.11 Å². The van der Waals surface area contributed by atoms with E-state index in [1.807, 2.05) is 31.3 Å². The highest BCUT2D eigenvalue weighted by atomic mass is 19.1. The minimum Gasteiger partial charge on any atom is -0.481 e. The van der Waals surface area contributed by atoms with Gasteiger partial charge in [0.25, 0.3) is 0 Å². The topological polar surface area (TPSA) is 58.4 Å². The molecule has 1 saturated heterocycles. The minimum atomic E-state index is -0.726. The first kappa shape index (κ1) is 19.3. The summed E-state index contributed by atoms with van der Waals surface area (Å²) in [4.78, 5) is 13.6. The normalized spacial score (nSPS) is 17.4. The maximum absolute atomic E-state index is 13.3. The number of carboxylic acids is 1. The Labute approximate surface area is 169 Å². The van der Waals surface area contributed by atoms with Crippen LogP contribution >= 0.6 is 0 Å². The van der Waals surface area contributed by atoms with Crippen molar-refractivity contribution >= 4 is 5.97 Å². The number of hydrogen-bond donors (Lipinski definition) is 1. The average molecular weight is 393 g/mol. The number of carbonyl (C=O) groups is 1. The van der Waals surface area contributed by atoms with E-state index < -0.39 is 5.97 Å². The van der Waals surface area contributed by atoms with Crippen molar-refractivity contribution in [3.8, 4) is 16.9 Å². The first-order valence-electron chi connectivity index (χ1n) is 9.86. The van der Waals surface area contributed by atoms with Crippen LogP contribution in [-0.4, -0.2) is 38.8 Å². The Kier molecular flexibility index (Phi) is 5.45. The SMILES string of the molecule is Cc1cccc(-c2nn(-c3ccc(F)cc3)cc2CN2CCCC(C(=O)O)C2)c1. The molecule has 1 aliphatic rings. The molecule has 0 aliphatic carbocycles. The molecule has 1 atom stereocenters. The van der Waals surface area contributed by atoms with E-state index in [4.69, 9.17) is 5.10 Å². The second kappa shape index (κ2) is 8.17. The molecule has 4 rings (SSSR count). The fraction of sp³-hybridized carbons (Fsp3) is 0.304. The molecule has 2 heterocycles. The fourth-order valence-corrected chi connectivity index (χ4v) is 3.93. The fourth-order valence-electron chi connectivity index (χ4n) is 3.93. The van der Waals surface area contributed by atoms with Gasteiger partial charge in [0.2, 0.25) is 0 Å². The summed E-state index contributed by atoms with van der Waals surface area (Å²) in [5.74, 6) is -1.33. The van der Waals surface area contributed by atoms with Crippen LogP contribution in [0.15, 0.2) is 54.7 Å². The molecule has 0 bridgehead atoms. The maximum atomic E-state index is 13.3. The van der Waals surface area contributed by atoms with E-state index in [0.29, 0.717) is 13.1 Å². The van der Waals surface area contributed by atoms with Gasteiger partial charge in [0.1, 0.15) is 5.82 Å². The van der Waals surface area contributed by atoms with E-state index >= 15 is 0 Å². The molecule has 2 aromatic carbocycles. The van der Waals surface area contributed by atoms with Crippen LogP contribution in [-0.2, 0) is 11.3 Å². The van der Waals surface area contributed by atoms with Crippen LogP contribution in [0.1, 0.15) is 24.0 Å². The minimum absolute atomic E-state index is 0.284. The van der Waals surface area contributed by atoms with Crippen LogP contribution in [0.2, 0.25) is 0 Å². The third-order valence-corrected chi connectivity index (χ3v) is 5.42. The maximum Gasteiger partial charge on any atom is 0.307 e. The molecular formula is C23H24FN3O2. The quantitative estimate of drug-likeness (QED) is 0.703. The van der Waals surface area contributed by atoms with Crippen LogP contribution in [0.4, 0.5) is 4.39 Å². The average Bonchev–Trinajstić information content (AvgIpc) is 3.12. The van der Waals surface area contributed by atoms with Gasteiger partial charge in [-0.3, -0.25) is 9.69 Å². The zero-order valence-corrected chi connectivity index (χ0v) is 16.4. The van der Waals surface area contributed by atoms with Crippen molar-refractivity contribution in [3.05, 3.63) is 71.7 Å². The van der Waals surface area contributed by atoms with Crippen molar-refractivity contribution in [2.24, 2.45) is 5.92 Å². The third-order valence-electron chi connectivity index (χ3n) is 5.42. The molecule has 1 aliphatic heterocycles. The Morgan fingerprint density at radius 1 is 1.24 bits per heavy atom. The Balaban J connectivity index is 1.69. The number of likely N-dealkylation sites (tertiary alicyclic amines) is 1. The predicted molar refractivity (Wildman–Crippen MR) is 109 cm³/mol. The van der Waals surface area contributed by atoms with Crippen LogP contribution in [0.25, 0.3) is 16.9 Å². The molecule has 0 saturated carbocycles. The lowest BCUT2D eigenvalue weighted by molar-refractivity contribution is -0.143. The Hall–Kier alpha value is -2.99. The first-order chi connectivity index (χ1) is 14.0. The summed E-state index contributed by atoms with van der Waals surface area (Å²) in [5.41, 5.74) is 4.86. The van der Waals surface area contributed by atoms with Gasteiger partial charge in [-0.2, -0.15) is 5.10 Å². The summed E-state index contributed by atoms with van der Waals surface area (Å²) in [6.45, 7) is 4.10. The molecule has 1 aromatic heterocycles. The molecule has 0 spiro atoms. The predicted octanol–water partition coefficient (Wildman–Crippen LogP) is 4.28. The van der Waals surface area contributed by atoms with Crippen LogP contribution < -0.4 is 0 Å². The monoisotopic (exact) mass is 393 g/mol. The second-order valence-corrected chi connectivity index (χ2v) is 7.71. The van der Waals surface area contributed by atoms with Crippen molar-refractivity contribution in [2.45, 2.75) is 26.3 Å². The van der Waals surface area contributed by atoms with Gasteiger partial charge in [-0.25, -0.2) is 9.07 Å². The lowest BCUT2D eigenvalue weighted by Gasteiger charge is -2.30. The highest BCUT2D eigenvalue weighted by Gasteiger charge is 2.26. The van der Waals surface area contributed by atoms with Crippen molar-refractivity contribution in [2.75, 3.05) is 13.1 Å². The van der Waals surface area contributed by atoms with Crippen LogP contribution in [0.3, 0.4) is 0 Å².